The zero-order valence-corrected chi connectivity index (χ0v) is 18.2. The second-order valence-corrected chi connectivity index (χ2v) is 9.37. The first kappa shape index (κ1) is 23.5. The first-order chi connectivity index (χ1) is 13.6. The van der Waals surface area contributed by atoms with Crippen molar-refractivity contribution >= 4 is 23.7 Å². The number of fused-ring (bicyclic) bond motifs is 2. The van der Waals surface area contributed by atoms with Gasteiger partial charge in [0.05, 0.1) is 24.0 Å². The summed E-state index contributed by atoms with van der Waals surface area (Å²) in [6.45, 7) is 2.62. The smallest absolute Gasteiger partial charge is 0.312 e. The van der Waals surface area contributed by atoms with Gasteiger partial charge in [0.15, 0.2) is 0 Å². The summed E-state index contributed by atoms with van der Waals surface area (Å²) in [5.41, 5.74) is 0. The molecule has 0 saturated carbocycles. The summed E-state index contributed by atoms with van der Waals surface area (Å²) in [7, 11) is 0. The molecule has 0 amide bonds. The Bertz CT molecular complexity index is 470. The van der Waals surface area contributed by atoms with E-state index in [2.05, 4.69) is 6.92 Å². The molecule has 28 heavy (non-hydrogen) atoms. The minimum atomic E-state index is -0.940. The molecule has 1 N–H and O–H groups in total. The first-order valence-electron chi connectivity index (χ1n) is 11.3. The van der Waals surface area contributed by atoms with Crippen LogP contribution in [0.1, 0.15) is 84.0 Å². The maximum absolute atomic E-state index is 12.3. The van der Waals surface area contributed by atoms with Crippen LogP contribution in [0.4, 0.5) is 0 Å². The van der Waals surface area contributed by atoms with Gasteiger partial charge in [0.2, 0.25) is 0 Å². The Morgan fingerprint density at radius 2 is 1.46 bits per heavy atom. The van der Waals surface area contributed by atoms with Gasteiger partial charge in [0.25, 0.3) is 0 Å². The molecule has 2 rings (SSSR count). The van der Waals surface area contributed by atoms with Gasteiger partial charge >= 0.3 is 11.9 Å². The Kier molecular flexibility index (Phi) is 11.3. The minimum Gasteiger partial charge on any atom is -0.481 e. The number of esters is 1. The van der Waals surface area contributed by atoms with Gasteiger partial charge in [-0.2, -0.15) is 11.8 Å². The fourth-order valence-corrected chi connectivity index (χ4v) is 5.20. The van der Waals surface area contributed by atoms with E-state index in [1.807, 2.05) is 11.8 Å². The fourth-order valence-electron chi connectivity index (χ4n) is 4.38. The lowest BCUT2D eigenvalue weighted by atomic mass is 9.79. The van der Waals surface area contributed by atoms with Crippen molar-refractivity contribution in [3.05, 3.63) is 0 Å². The quantitative estimate of drug-likeness (QED) is 0.281. The van der Waals surface area contributed by atoms with E-state index in [4.69, 9.17) is 9.47 Å². The number of unbranched alkanes of at least 4 members (excludes halogenated alkanes) is 9. The molecule has 4 unspecified atom stereocenters. The van der Waals surface area contributed by atoms with Gasteiger partial charge in [-0.1, -0.05) is 64.7 Å². The third-order valence-electron chi connectivity index (χ3n) is 5.94. The maximum Gasteiger partial charge on any atom is 0.312 e. The number of carboxylic acids is 1. The van der Waals surface area contributed by atoms with E-state index in [0.29, 0.717) is 6.61 Å². The third kappa shape index (κ3) is 7.58. The summed E-state index contributed by atoms with van der Waals surface area (Å²) >= 11 is 1.81. The van der Waals surface area contributed by atoms with Gasteiger partial charge in [-0.15, -0.1) is 0 Å². The molecule has 2 saturated heterocycles. The van der Waals surface area contributed by atoms with Crippen molar-refractivity contribution in [3.8, 4) is 0 Å². The van der Waals surface area contributed by atoms with Crippen LogP contribution in [0.2, 0.25) is 0 Å². The first-order valence-corrected chi connectivity index (χ1v) is 12.4. The molecule has 0 radical (unpaired) electrons. The van der Waals surface area contributed by atoms with Crippen molar-refractivity contribution in [1.82, 2.24) is 0 Å². The van der Waals surface area contributed by atoms with Crippen molar-refractivity contribution in [2.24, 2.45) is 11.8 Å². The molecular formula is C22H38O5S. The molecule has 0 aromatic rings. The lowest BCUT2D eigenvalue weighted by molar-refractivity contribution is -0.157. The highest BCUT2D eigenvalue weighted by Crippen LogP contribution is 2.44. The van der Waals surface area contributed by atoms with Crippen LogP contribution < -0.4 is 0 Å². The highest BCUT2D eigenvalue weighted by atomic mass is 32.2. The van der Waals surface area contributed by atoms with Crippen LogP contribution in [0, 0.1) is 11.8 Å². The summed E-state index contributed by atoms with van der Waals surface area (Å²) < 4.78 is 11.0. The van der Waals surface area contributed by atoms with Gasteiger partial charge in [-0.25, -0.2) is 0 Å². The number of carboxylic acid groups (broad SMARTS) is 1. The Morgan fingerprint density at radius 3 is 2.07 bits per heavy atom. The van der Waals surface area contributed by atoms with Crippen molar-refractivity contribution in [2.75, 3.05) is 18.1 Å². The van der Waals surface area contributed by atoms with Crippen molar-refractivity contribution in [3.63, 3.8) is 0 Å². The van der Waals surface area contributed by atoms with E-state index < -0.39 is 17.8 Å². The molecular weight excluding hydrogens is 376 g/mol. The number of thioether (sulfide) groups is 1. The van der Waals surface area contributed by atoms with E-state index in [1.54, 1.807) is 0 Å². The van der Waals surface area contributed by atoms with Crippen LogP contribution in [-0.2, 0) is 19.1 Å². The van der Waals surface area contributed by atoms with Crippen LogP contribution in [0.15, 0.2) is 0 Å². The summed E-state index contributed by atoms with van der Waals surface area (Å²) in [5.74, 6) is -0.802. The number of aliphatic carboxylic acids is 1. The lowest BCUT2D eigenvalue weighted by Crippen LogP contribution is -2.39. The van der Waals surface area contributed by atoms with Crippen molar-refractivity contribution < 1.29 is 24.2 Å². The average molecular weight is 415 g/mol. The average Bonchev–Trinajstić information content (AvgIpc) is 3.29. The van der Waals surface area contributed by atoms with Gasteiger partial charge in [0, 0.05) is 5.75 Å². The van der Waals surface area contributed by atoms with E-state index >= 15 is 0 Å². The molecule has 4 atom stereocenters. The third-order valence-corrected chi connectivity index (χ3v) is 6.98. The Morgan fingerprint density at radius 1 is 0.893 bits per heavy atom. The SMILES string of the molecule is CCCCCCCCCCCCSCCOC(=O)C1C2CCC(O2)C1C(=O)O. The predicted octanol–water partition coefficient (Wildman–Crippen LogP) is 5.06. The van der Waals surface area contributed by atoms with Crippen LogP contribution in [0.25, 0.3) is 0 Å². The summed E-state index contributed by atoms with van der Waals surface area (Å²) in [6.07, 6.45) is 14.3. The number of rotatable bonds is 16. The number of carbonyl (C=O) groups is 2. The lowest BCUT2D eigenvalue weighted by Gasteiger charge is -2.23. The van der Waals surface area contributed by atoms with Crippen LogP contribution in [0.5, 0.6) is 0 Å². The molecule has 0 aromatic carbocycles. The standard InChI is InChI=1S/C22H38O5S/c1-2-3-4-5-6-7-8-9-10-11-15-28-16-14-26-22(25)20-18-13-12-17(27-18)19(20)21(23)24/h17-20H,2-16H2,1H3,(H,23,24). The second kappa shape index (κ2) is 13.5. The van der Waals surface area contributed by atoms with E-state index in [0.717, 1.165) is 24.3 Å². The molecule has 5 nitrogen and oxygen atoms in total. The number of hydrogen-bond acceptors (Lipinski definition) is 5. The maximum atomic E-state index is 12.3. The molecule has 2 aliphatic heterocycles. The number of ether oxygens (including phenoxy) is 2. The Balaban J connectivity index is 1.41. The van der Waals surface area contributed by atoms with Gasteiger partial charge < -0.3 is 14.6 Å². The molecule has 2 aliphatic rings. The number of carbonyl (C=O) groups excluding carboxylic acids is 1. The van der Waals surface area contributed by atoms with Crippen LogP contribution in [-0.4, -0.2) is 47.4 Å². The highest BCUT2D eigenvalue weighted by molar-refractivity contribution is 7.99. The van der Waals surface area contributed by atoms with Gasteiger partial charge in [0.1, 0.15) is 6.61 Å². The largest absolute Gasteiger partial charge is 0.481 e. The molecule has 0 aromatic heterocycles. The zero-order chi connectivity index (χ0) is 20.2. The molecule has 6 heteroatoms. The van der Waals surface area contributed by atoms with Crippen molar-refractivity contribution in [1.29, 1.82) is 0 Å². The summed E-state index contributed by atoms with van der Waals surface area (Å²) in [6, 6.07) is 0. The topological polar surface area (TPSA) is 72.8 Å². The monoisotopic (exact) mass is 414 g/mol. The second-order valence-electron chi connectivity index (χ2n) is 8.14. The zero-order valence-electron chi connectivity index (χ0n) is 17.4. The number of hydrogen-bond donors (Lipinski definition) is 1. The molecule has 0 aliphatic carbocycles. The molecule has 2 heterocycles. The Hall–Kier alpha value is -0.750. The molecule has 162 valence electrons. The van der Waals surface area contributed by atoms with Crippen LogP contribution >= 0.6 is 11.8 Å². The predicted molar refractivity (Wildman–Crippen MR) is 113 cm³/mol. The van der Waals surface area contributed by atoms with E-state index in [1.165, 1.54) is 64.2 Å². The van der Waals surface area contributed by atoms with Gasteiger partial charge in [-0.3, -0.25) is 9.59 Å². The minimum absolute atomic E-state index is 0.266. The fraction of sp³-hybridized carbons (Fsp3) is 0.909. The van der Waals surface area contributed by atoms with E-state index in [-0.39, 0.29) is 18.2 Å². The Labute approximate surface area is 174 Å². The highest BCUT2D eigenvalue weighted by Gasteiger charge is 2.56. The van der Waals surface area contributed by atoms with E-state index in [9.17, 15) is 14.7 Å². The summed E-state index contributed by atoms with van der Waals surface area (Å²) in [5, 5.41) is 9.36. The summed E-state index contributed by atoms with van der Waals surface area (Å²) in [4.78, 5) is 23.7. The van der Waals surface area contributed by atoms with Crippen LogP contribution in [0.3, 0.4) is 0 Å². The molecule has 2 fully saturated rings. The van der Waals surface area contributed by atoms with Crippen molar-refractivity contribution in [2.45, 2.75) is 96.2 Å². The van der Waals surface area contributed by atoms with Gasteiger partial charge in [-0.05, 0) is 25.0 Å². The molecule has 2 bridgehead atoms. The molecule has 0 spiro atoms. The normalized spacial score (nSPS) is 25.9.